The number of aromatic nitrogens is 4. The molecule has 0 unspecified atom stereocenters. The summed E-state index contributed by atoms with van der Waals surface area (Å²) in [4.78, 5) is 12.8. The first-order chi connectivity index (χ1) is 11.6. The van der Waals surface area contributed by atoms with Gasteiger partial charge in [0.1, 0.15) is 11.3 Å². The van der Waals surface area contributed by atoms with Crippen molar-refractivity contribution in [1.82, 2.24) is 19.6 Å². The Morgan fingerprint density at radius 1 is 1.25 bits per heavy atom. The first-order valence-electron chi connectivity index (χ1n) is 7.58. The Morgan fingerprint density at radius 3 is 2.67 bits per heavy atom. The van der Waals surface area contributed by atoms with Crippen LogP contribution in [0.3, 0.4) is 0 Å². The maximum absolute atomic E-state index is 13.1. The van der Waals surface area contributed by atoms with Gasteiger partial charge in [-0.05, 0) is 31.2 Å². The van der Waals surface area contributed by atoms with Gasteiger partial charge in [-0.25, -0.2) is 13.8 Å². The van der Waals surface area contributed by atoms with E-state index in [1.807, 2.05) is 6.92 Å². The zero-order valence-corrected chi connectivity index (χ0v) is 13.0. The van der Waals surface area contributed by atoms with Crippen LogP contribution in [0.2, 0.25) is 0 Å². The minimum absolute atomic E-state index is 0.213. The molecule has 24 heavy (non-hydrogen) atoms. The molecule has 0 bridgehead atoms. The Bertz CT molecular complexity index is 942. The molecule has 2 aromatic heterocycles. The van der Waals surface area contributed by atoms with Crippen molar-refractivity contribution in [3.63, 3.8) is 0 Å². The van der Waals surface area contributed by atoms with Gasteiger partial charge in [-0.2, -0.15) is 10.2 Å². The van der Waals surface area contributed by atoms with Crippen molar-refractivity contribution in [1.29, 1.82) is 0 Å². The van der Waals surface area contributed by atoms with Crippen LogP contribution in [0.1, 0.15) is 5.69 Å². The summed E-state index contributed by atoms with van der Waals surface area (Å²) < 4.78 is 26.7. The summed E-state index contributed by atoms with van der Waals surface area (Å²) in [5.74, 6) is -0.346. The number of hydrogen-bond acceptors (Lipinski definition) is 5. The first-order valence-corrected chi connectivity index (χ1v) is 7.58. The van der Waals surface area contributed by atoms with Crippen LogP contribution in [0.4, 0.5) is 4.39 Å². The van der Waals surface area contributed by atoms with E-state index in [9.17, 15) is 9.18 Å². The fraction of sp³-hybridized carbons (Fsp3) is 0.312. The molecule has 0 radical (unpaired) electrons. The summed E-state index contributed by atoms with van der Waals surface area (Å²) in [5, 5.41) is 9.25. The lowest BCUT2D eigenvalue weighted by atomic mass is 10.2. The Morgan fingerprint density at radius 2 is 1.96 bits per heavy atom. The number of aryl methyl sites for hydroxylation is 1. The number of benzene rings is 1. The molecule has 1 aliphatic rings. The second kappa shape index (κ2) is 5.81. The highest BCUT2D eigenvalue weighted by molar-refractivity contribution is 5.81. The summed E-state index contributed by atoms with van der Waals surface area (Å²) in [6, 6.07) is 5.81. The van der Waals surface area contributed by atoms with Gasteiger partial charge in [0.05, 0.1) is 37.3 Å². The molecule has 1 aliphatic heterocycles. The van der Waals surface area contributed by atoms with Crippen LogP contribution in [0.25, 0.3) is 16.6 Å². The van der Waals surface area contributed by atoms with Crippen molar-refractivity contribution in [2.45, 2.75) is 19.8 Å². The number of rotatable bonds is 3. The fourth-order valence-electron chi connectivity index (χ4n) is 2.78. The molecule has 0 amide bonds. The van der Waals surface area contributed by atoms with E-state index in [0.717, 1.165) is 0 Å². The van der Waals surface area contributed by atoms with Crippen LogP contribution < -0.4 is 5.56 Å². The highest BCUT2D eigenvalue weighted by atomic mass is 19.1. The van der Waals surface area contributed by atoms with E-state index in [2.05, 4.69) is 10.2 Å². The Balaban J connectivity index is 1.85. The van der Waals surface area contributed by atoms with Gasteiger partial charge >= 0.3 is 0 Å². The summed E-state index contributed by atoms with van der Waals surface area (Å²) in [7, 11) is 0. The summed E-state index contributed by atoms with van der Waals surface area (Å²) >= 11 is 0. The lowest BCUT2D eigenvalue weighted by Gasteiger charge is -2.12. The average Bonchev–Trinajstić information content (AvgIpc) is 3.23. The van der Waals surface area contributed by atoms with Crippen molar-refractivity contribution >= 4 is 10.9 Å². The maximum Gasteiger partial charge on any atom is 0.293 e. The van der Waals surface area contributed by atoms with E-state index < -0.39 is 6.29 Å². The van der Waals surface area contributed by atoms with Gasteiger partial charge in [0.25, 0.3) is 5.56 Å². The molecule has 4 rings (SSSR count). The van der Waals surface area contributed by atoms with Crippen molar-refractivity contribution in [3.8, 4) is 5.69 Å². The number of nitrogens with zero attached hydrogens (tertiary/aromatic N) is 4. The number of hydrogen-bond donors (Lipinski definition) is 0. The lowest BCUT2D eigenvalue weighted by molar-refractivity contribution is -0.0553. The Kier molecular flexibility index (Phi) is 3.62. The second-order valence-corrected chi connectivity index (χ2v) is 5.54. The zero-order valence-electron chi connectivity index (χ0n) is 13.0. The van der Waals surface area contributed by atoms with Gasteiger partial charge < -0.3 is 9.47 Å². The van der Waals surface area contributed by atoms with Gasteiger partial charge in [-0.1, -0.05) is 0 Å². The van der Waals surface area contributed by atoms with Gasteiger partial charge in [0.15, 0.2) is 6.29 Å². The van der Waals surface area contributed by atoms with Crippen molar-refractivity contribution in [2.75, 3.05) is 13.2 Å². The molecule has 0 atom stereocenters. The van der Waals surface area contributed by atoms with Crippen LogP contribution in [0.5, 0.6) is 0 Å². The largest absolute Gasteiger partial charge is 0.348 e. The molecule has 1 saturated heterocycles. The van der Waals surface area contributed by atoms with Crippen LogP contribution in [-0.4, -0.2) is 39.1 Å². The van der Waals surface area contributed by atoms with E-state index >= 15 is 0 Å². The monoisotopic (exact) mass is 330 g/mol. The van der Waals surface area contributed by atoms with Gasteiger partial charge in [-0.15, -0.1) is 0 Å². The molecule has 0 N–H and O–H groups in total. The van der Waals surface area contributed by atoms with E-state index in [-0.39, 0.29) is 17.9 Å². The van der Waals surface area contributed by atoms with E-state index in [1.165, 1.54) is 21.5 Å². The molecule has 3 aromatic rings. The summed E-state index contributed by atoms with van der Waals surface area (Å²) in [6.45, 7) is 3.04. The molecular weight excluding hydrogens is 315 g/mol. The molecule has 124 valence electrons. The number of fused-ring (bicyclic) bond motifs is 1. The van der Waals surface area contributed by atoms with Crippen LogP contribution in [0, 0.1) is 12.7 Å². The Labute approximate surface area is 136 Å². The van der Waals surface area contributed by atoms with Gasteiger partial charge in [-0.3, -0.25) is 4.79 Å². The molecule has 8 heteroatoms. The molecule has 1 aromatic carbocycles. The molecular formula is C16H15FN4O3. The third-order valence-electron chi connectivity index (χ3n) is 3.95. The van der Waals surface area contributed by atoms with Crippen LogP contribution in [0.15, 0.2) is 35.3 Å². The van der Waals surface area contributed by atoms with E-state index in [0.29, 0.717) is 35.5 Å². The minimum atomic E-state index is -0.478. The summed E-state index contributed by atoms with van der Waals surface area (Å²) in [6.07, 6.45) is 1.12. The fourth-order valence-corrected chi connectivity index (χ4v) is 2.78. The molecule has 7 nitrogen and oxygen atoms in total. The normalized spacial score (nSPS) is 15.4. The number of ether oxygens (including phenoxy) is 2. The average molecular weight is 330 g/mol. The van der Waals surface area contributed by atoms with Crippen molar-refractivity contribution in [3.05, 3.63) is 52.3 Å². The number of halogens is 1. The minimum Gasteiger partial charge on any atom is -0.348 e. The van der Waals surface area contributed by atoms with Crippen LogP contribution in [-0.2, 0) is 16.0 Å². The van der Waals surface area contributed by atoms with Crippen LogP contribution >= 0.6 is 0 Å². The van der Waals surface area contributed by atoms with Gasteiger partial charge in [0.2, 0.25) is 0 Å². The predicted molar refractivity (Wildman–Crippen MR) is 83.5 cm³/mol. The molecule has 1 fully saturated rings. The molecule has 0 saturated carbocycles. The lowest BCUT2D eigenvalue weighted by Crippen LogP contribution is -2.31. The van der Waals surface area contributed by atoms with Crippen molar-refractivity contribution < 1.29 is 13.9 Å². The highest BCUT2D eigenvalue weighted by Crippen LogP contribution is 2.18. The maximum atomic E-state index is 13.1. The zero-order chi connectivity index (χ0) is 16.7. The summed E-state index contributed by atoms with van der Waals surface area (Å²) in [5.41, 5.74) is 1.38. The van der Waals surface area contributed by atoms with E-state index in [1.54, 1.807) is 18.3 Å². The molecule has 0 aliphatic carbocycles. The molecule has 3 heterocycles. The quantitative estimate of drug-likeness (QED) is 0.726. The van der Waals surface area contributed by atoms with Gasteiger partial charge in [0, 0.05) is 5.39 Å². The first kappa shape index (κ1) is 15.0. The van der Waals surface area contributed by atoms with Crippen molar-refractivity contribution in [2.24, 2.45) is 0 Å². The third kappa shape index (κ3) is 2.49. The van der Waals surface area contributed by atoms with E-state index in [4.69, 9.17) is 9.47 Å². The highest BCUT2D eigenvalue weighted by Gasteiger charge is 2.20. The Hall–Kier alpha value is -2.58. The molecule has 0 spiro atoms. The predicted octanol–water partition coefficient (Wildman–Crippen LogP) is 1.40. The smallest absolute Gasteiger partial charge is 0.293 e. The standard InChI is InChI=1S/C16H15FN4O3/c1-10-13-8-18-21(12-4-2-11(17)3-5-12)15(13)16(22)20(19-10)9-14-23-6-7-24-14/h2-5,8,14H,6-7,9H2,1H3. The SMILES string of the molecule is Cc1nn(CC2OCCO2)c(=O)c2c1cnn2-c1ccc(F)cc1. The topological polar surface area (TPSA) is 71.2 Å². The third-order valence-corrected chi connectivity index (χ3v) is 3.95. The second-order valence-electron chi connectivity index (χ2n) is 5.54.